The van der Waals surface area contributed by atoms with Crippen LogP contribution in [0.4, 0.5) is 0 Å². The van der Waals surface area contributed by atoms with Gasteiger partial charge >= 0.3 is 5.97 Å². The van der Waals surface area contributed by atoms with Crippen LogP contribution in [0.5, 0.6) is 5.75 Å². The molecule has 0 bridgehead atoms. The molecule has 2 atom stereocenters. The number of hydrogen-bond acceptors (Lipinski definition) is 8. The third-order valence-corrected chi connectivity index (χ3v) is 10.6. The van der Waals surface area contributed by atoms with Crippen LogP contribution in [-0.4, -0.2) is 45.4 Å². The predicted molar refractivity (Wildman–Crippen MR) is 124 cm³/mol. The quantitative estimate of drug-likeness (QED) is 0.356. The van der Waals surface area contributed by atoms with Gasteiger partial charge in [0.15, 0.2) is 9.84 Å². The van der Waals surface area contributed by atoms with Crippen molar-refractivity contribution in [1.29, 1.82) is 0 Å². The van der Waals surface area contributed by atoms with Gasteiger partial charge in [0.1, 0.15) is 14.2 Å². The van der Waals surface area contributed by atoms with Crippen LogP contribution in [0.2, 0.25) is 0 Å². The number of amides is 1. The number of benzene rings is 1. The van der Waals surface area contributed by atoms with Crippen LogP contribution in [0.25, 0.3) is 6.08 Å². The normalized spacial score (nSPS) is 19.8. The molecule has 1 aliphatic heterocycles. The first-order valence-electron chi connectivity index (χ1n) is 10.0. The summed E-state index contributed by atoms with van der Waals surface area (Å²) in [4.78, 5) is 25.9. The summed E-state index contributed by atoms with van der Waals surface area (Å²) in [5, 5.41) is 4.42. The second kappa shape index (κ2) is 9.37. The van der Waals surface area contributed by atoms with E-state index in [9.17, 15) is 26.4 Å². The number of carbonyl (C=O) groups is 2. The van der Waals surface area contributed by atoms with Gasteiger partial charge in [0.2, 0.25) is 15.9 Å². The van der Waals surface area contributed by atoms with Gasteiger partial charge in [-0.3, -0.25) is 9.59 Å². The number of likely N-dealkylation sites (N-methyl/N-ethyl adjacent to an activating group) is 1. The first-order valence-corrected chi connectivity index (χ1v) is 13.9. The lowest BCUT2D eigenvalue weighted by Crippen LogP contribution is -2.39. The van der Waals surface area contributed by atoms with Crippen LogP contribution in [0.15, 0.2) is 44.8 Å². The molecule has 0 radical (unpaired) electrons. The van der Waals surface area contributed by atoms with Crippen molar-refractivity contribution in [3.05, 3.63) is 47.5 Å². The fourth-order valence-corrected chi connectivity index (χ4v) is 8.06. The Hall–Kier alpha value is -2.54. The second-order valence-corrected chi connectivity index (χ2v) is 13.0. The van der Waals surface area contributed by atoms with Crippen LogP contribution in [0.3, 0.4) is 0 Å². The number of rotatable bonds is 6. The number of esters is 1. The van der Waals surface area contributed by atoms with Crippen molar-refractivity contribution < 1.29 is 31.2 Å². The highest BCUT2D eigenvalue weighted by Gasteiger charge is 2.42. The molecule has 0 saturated heterocycles. The molecule has 0 aliphatic carbocycles. The minimum atomic E-state index is -4.11. The Morgan fingerprint density at radius 2 is 1.97 bits per heavy atom. The second-order valence-electron chi connectivity index (χ2n) is 7.55. The summed E-state index contributed by atoms with van der Waals surface area (Å²) in [6.45, 7) is 4.81. The Kier molecular flexibility index (Phi) is 7.13. The van der Waals surface area contributed by atoms with E-state index in [4.69, 9.17) is 9.88 Å². The lowest BCUT2D eigenvalue weighted by molar-refractivity contribution is -0.132. The molecule has 12 heteroatoms. The number of sulfonamides is 1. The van der Waals surface area contributed by atoms with Gasteiger partial charge in [-0.2, -0.15) is 0 Å². The van der Waals surface area contributed by atoms with Crippen LogP contribution in [-0.2, 0) is 29.4 Å². The van der Waals surface area contributed by atoms with Crippen molar-refractivity contribution in [3.63, 3.8) is 0 Å². The number of sulfone groups is 1. The van der Waals surface area contributed by atoms with E-state index in [1.165, 1.54) is 37.0 Å². The summed E-state index contributed by atoms with van der Waals surface area (Å²) >= 11 is 0.609. The molecule has 1 aromatic heterocycles. The number of ether oxygens (including phenoxy) is 1. The molecule has 0 spiro atoms. The van der Waals surface area contributed by atoms with E-state index in [-0.39, 0.29) is 26.9 Å². The predicted octanol–water partition coefficient (Wildman–Crippen LogP) is 2.49. The minimum absolute atomic E-state index is 0.0780. The van der Waals surface area contributed by atoms with E-state index < -0.39 is 43.0 Å². The zero-order chi connectivity index (χ0) is 24.6. The van der Waals surface area contributed by atoms with Crippen molar-refractivity contribution in [2.75, 3.05) is 6.54 Å². The van der Waals surface area contributed by atoms with Crippen LogP contribution in [0.1, 0.15) is 44.4 Å². The van der Waals surface area contributed by atoms with Gasteiger partial charge in [0, 0.05) is 30.7 Å². The molecule has 1 aromatic carbocycles. The minimum Gasteiger partial charge on any atom is -0.426 e. The Labute approximate surface area is 196 Å². The average molecular weight is 513 g/mol. The van der Waals surface area contributed by atoms with Crippen molar-refractivity contribution in [2.45, 2.75) is 46.9 Å². The number of primary sulfonamides is 1. The Morgan fingerprint density at radius 1 is 1.30 bits per heavy atom. The van der Waals surface area contributed by atoms with Gasteiger partial charge < -0.3 is 9.64 Å². The third-order valence-electron chi connectivity index (χ3n) is 5.26. The molecule has 0 saturated carbocycles. The lowest BCUT2D eigenvalue weighted by Gasteiger charge is -2.35. The smallest absolute Gasteiger partial charge is 0.308 e. The van der Waals surface area contributed by atoms with E-state index in [1.807, 2.05) is 0 Å². The fraction of sp³-hybridized carbons (Fsp3) is 0.333. The van der Waals surface area contributed by atoms with Gasteiger partial charge in [-0.1, -0.05) is 18.2 Å². The number of thiophene rings is 1. The first-order chi connectivity index (χ1) is 15.4. The fourth-order valence-electron chi connectivity index (χ4n) is 3.66. The topological polar surface area (TPSA) is 141 Å². The van der Waals surface area contributed by atoms with E-state index in [1.54, 1.807) is 31.2 Å². The molecule has 33 heavy (non-hydrogen) atoms. The number of hydrogen-bond donors (Lipinski definition) is 1. The van der Waals surface area contributed by atoms with Crippen LogP contribution < -0.4 is 9.88 Å². The molecule has 2 aromatic rings. The number of nitrogens with zero attached hydrogens (tertiary/aromatic N) is 1. The molecule has 1 amide bonds. The third kappa shape index (κ3) is 5.18. The number of nitrogens with two attached hydrogens (primary N) is 1. The zero-order valence-corrected chi connectivity index (χ0v) is 20.7. The number of fused-ring (bicyclic) bond motifs is 1. The summed E-state index contributed by atoms with van der Waals surface area (Å²) < 4.78 is 54.2. The van der Waals surface area contributed by atoms with Crippen LogP contribution >= 0.6 is 11.3 Å². The molecule has 0 fully saturated rings. The Balaban J connectivity index is 1.99. The molecule has 9 nitrogen and oxygen atoms in total. The number of carbonyl (C=O) groups excluding carboxylic acids is 2. The Bertz CT molecular complexity index is 1330. The van der Waals surface area contributed by atoms with Gasteiger partial charge in [0.25, 0.3) is 0 Å². The molecule has 0 unspecified atom stereocenters. The summed E-state index contributed by atoms with van der Waals surface area (Å²) in [5.41, 5.74) is 0.774. The van der Waals surface area contributed by atoms with E-state index >= 15 is 0 Å². The molecule has 178 valence electrons. The van der Waals surface area contributed by atoms with E-state index in [0.29, 0.717) is 22.6 Å². The van der Waals surface area contributed by atoms with Crippen LogP contribution in [0, 0.1) is 0 Å². The largest absolute Gasteiger partial charge is 0.426 e. The van der Waals surface area contributed by atoms with E-state index in [2.05, 4.69) is 0 Å². The Morgan fingerprint density at radius 3 is 2.58 bits per heavy atom. The lowest BCUT2D eigenvalue weighted by atomic mass is 10.0. The maximum absolute atomic E-state index is 13.1. The van der Waals surface area contributed by atoms with Crippen molar-refractivity contribution in [2.24, 2.45) is 5.14 Å². The van der Waals surface area contributed by atoms with Crippen molar-refractivity contribution in [3.8, 4) is 5.75 Å². The highest BCUT2D eigenvalue weighted by atomic mass is 32.3. The van der Waals surface area contributed by atoms with Gasteiger partial charge in [0.05, 0.1) is 11.3 Å². The summed E-state index contributed by atoms with van der Waals surface area (Å²) in [7, 11) is -7.85. The molecular formula is C21H24N2O7S3. The van der Waals surface area contributed by atoms with Gasteiger partial charge in [-0.05, 0) is 38.5 Å². The molecular weight excluding hydrogens is 488 g/mol. The average Bonchev–Trinajstić information content (AvgIpc) is 3.19. The molecule has 2 heterocycles. The zero-order valence-electron chi connectivity index (χ0n) is 18.2. The maximum Gasteiger partial charge on any atom is 0.308 e. The SMILES string of the molecule is CCN(C(=O)/C=C/c1ccccc1OC(C)=O)[C@H]1C[C@H](C)S(=O)(=O)c2sc(S(N)(=O)=O)cc21. The summed E-state index contributed by atoms with van der Waals surface area (Å²) in [5.74, 6) is -0.598. The van der Waals surface area contributed by atoms with E-state index in [0.717, 1.165) is 0 Å². The molecule has 2 N–H and O–H groups in total. The maximum atomic E-state index is 13.1. The molecule has 1 aliphatic rings. The standard InChI is InChI=1S/C21H24N2O7S3/c1-4-23(19(25)10-9-15-7-5-6-8-18(15)30-14(3)24)17-11-13(2)32(26,27)21-16(17)12-20(31-21)33(22,28)29/h5-10,12-13,17H,4,11H2,1-3H3,(H2,22,28,29)/b10-9+/t13-,17-/m0/s1. The van der Waals surface area contributed by atoms with Crippen molar-refractivity contribution in [1.82, 2.24) is 4.90 Å². The van der Waals surface area contributed by atoms with Gasteiger partial charge in [-0.15, -0.1) is 11.3 Å². The molecule has 3 rings (SSSR count). The highest BCUT2D eigenvalue weighted by Crippen LogP contribution is 2.45. The monoisotopic (exact) mass is 512 g/mol. The van der Waals surface area contributed by atoms with Gasteiger partial charge in [-0.25, -0.2) is 22.0 Å². The number of para-hydroxylation sites is 1. The van der Waals surface area contributed by atoms with Crippen molar-refractivity contribution >= 4 is 49.1 Å². The first kappa shape index (κ1) is 25.1. The summed E-state index contributed by atoms with van der Waals surface area (Å²) in [6.07, 6.45) is 2.94. The highest BCUT2D eigenvalue weighted by molar-refractivity contribution is 7.95. The summed E-state index contributed by atoms with van der Waals surface area (Å²) in [6, 6.07) is 7.32.